The van der Waals surface area contributed by atoms with Crippen molar-refractivity contribution in [2.24, 2.45) is 0 Å². The number of nitrogens with two attached hydrogens (primary N) is 1. The molecule has 1 fully saturated rings. The van der Waals surface area contributed by atoms with Crippen LogP contribution < -0.4 is 10.5 Å². The number of methoxy groups -OCH3 is 1. The number of halogens is 1. The van der Waals surface area contributed by atoms with Crippen LogP contribution in [0.2, 0.25) is 0 Å². The molecule has 27 heavy (non-hydrogen) atoms. The molecule has 3 aromatic heterocycles. The molecule has 4 rings (SSSR count). The average Bonchev–Trinajstić information content (AvgIpc) is 3.43. The molecule has 1 aliphatic rings. The van der Waals surface area contributed by atoms with Gasteiger partial charge in [-0.25, -0.2) is 18.9 Å². The highest BCUT2D eigenvalue weighted by atomic mass is 19.1. The molecule has 3 aromatic rings. The maximum atomic E-state index is 14.4. The summed E-state index contributed by atoms with van der Waals surface area (Å²) in [5.41, 5.74) is 7.45. The smallest absolute Gasteiger partial charge is 0.157 e. The van der Waals surface area contributed by atoms with Gasteiger partial charge in [-0.2, -0.15) is 10.4 Å². The summed E-state index contributed by atoms with van der Waals surface area (Å²) in [6.45, 7) is 4.25. The maximum absolute atomic E-state index is 14.4. The van der Waals surface area contributed by atoms with E-state index >= 15 is 0 Å². The number of hydrogen-bond donors (Lipinski definition) is 1. The Bertz CT molecular complexity index is 1020. The van der Waals surface area contributed by atoms with Gasteiger partial charge >= 0.3 is 0 Å². The molecule has 140 valence electrons. The third kappa shape index (κ3) is 3.53. The first-order chi connectivity index (χ1) is 13.0. The minimum atomic E-state index is -0.645. The van der Waals surface area contributed by atoms with E-state index in [1.54, 1.807) is 13.2 Å². The topological polar surface area (TPSA) is 102 Å². The first-order valence-corrected chi connectivity index (χ1v) is 8.83. The summed E-state index contributed by atoms with van der Waals surface area (Å²) in [5, 5.41) is 13.5. The Balaban J connectivity index is 0.000000659. The van der Waals surface area contributed by atoms with Crippen molar-refractivity contribution in [1.29, 1.82) is 5.26 Å². The van der Waals surface area contributed by atoms with Crippen LogP contribution in [0, 0.1) is 17.1 Å². The fourth-order valence-corrected chi connectivity index (χ4v) is 2.65. The highest BCUT2D eigenvalue weighted by Gasteiger charge is 2.30. The van der Waals surface area contributed by atoms with Crippen molar-refractivity contribution in [2.45, 2.75) is 39.0 Å². The zero-order valence-corrected chi connectivity index (χ0v) is 15.5. The van der Waals surface area contributed by atoms with Crippen LogP contribution in [-0.4, -0.2) is 26.7 Å². The lowest BCUT2D eigenvalue weighted by molar-refractivity contribution is 0.405. The number of nitrogen functional groups attached to an aromatic ring is 1. The number of fused-ring (bicyclic) bond motifs is 1. The summed E-state index contributed by atoms with van der Waals surface area (Å²) in [5.74, 6) is 0.353. The Morgan fingerprint density at radius 3 is 2.67 bits per heavy atom. The number of rotatable bonds is 3. The van der Waals surface area contributed by atoms with Gasteiger partial charge in [-0.1, -0.05) is 20.3 Å². The summed E-state index contributed by atoms with van der Waals surface area (Å²) in [6, 6.07) is 4.66. The molecule has 0 saturated heterocycles. The van der Waals surface area contributed by atoms with Crippen LogP contribution in [0.15, 0.2) is 18.3 Å². The first-order valence-electron chi connectivity index (χ1n) is 8.83. The lowest BCUT2D eigenvalue weighted by Crippen LogP contribution is -2.05. The molecule has 0 atom stereocenters. The van der Waals surface area contributed by atoms with E-state index in [-0.39, 0.29) is 17.1 Å². The zero-order valence-electron chi connectivity index (χ0n) is 15.5. The Kier molecular flexibility index (Phi) is 5.21. The first kappa shape index (κ1) is 18.6. The highest BCUT2D eigenvalue weighted by Crippen LogP contribution is 2.43. The number of anilines is 1. The lowest BCUT2D eigenvalue weighted by atomic mass is 10.2. The number of imidazole rings is 1. The number of nitrogens with zero attached hydrogens (tertiary/aromatic N) is 5. The van der Waals surface area contributed by atoms with Gasteiger partial charge in [0.15, 0.2) is 11.5 Å². The normalized spacial score (nSPS) is 13.0. The van der Waals surface area contributed by atoms with Crippen molar-refractivity contribution in [3.8, 4) is 23.2 Å². The van der Waals surface area contributed by atoms with Gasteiger partial charge in [0, 0.05) is 12.0 Å². The zero-order chi connectivity index (χ0) is 19.6. The monoisotopic (exact) mass is 368 g/mol. The Hall–Kier alpha value is -3.21. The van der Waals surface area contributed by atoms with Gasteiger partial charge in [0.25, 0.3) is 0 Å². The number of aromatic nitrogens is 4. The van der Waals surface area contributed by atoms with Gasteiger partial charge in [0.2, 0.25) is 0 Å². The second-order valence-electron chi connectivity index (χ2n) is 6.36. The van der Waals surface area contributed by atoms with Crippen molar-refractivity contribution in [3.05, 3.63) is 35.4 Å². The number of pyridine rings is 1. The van der Waals surface area contributed by atoms with E-state index in [0.717, 1.165) is 24.6 Å². The minimum Gasteiger partial charge on any atom is -0.495 e. The van der Waals surface area contributed by atoms with E-state index in [1.165, 1.54) is 17.1 Å². The van der Waals surface area contributed by atoms with Crippen LogP contribution >= 0.6 is 0 Å². The molecule has 0 amide bonds. The molecule has 0 aliphatic heterocycles. The van der Waals surface area contributed by atoms with Gasteiger partial charge in [0.1, 0.15) is 34.7 Å². The summed E-state index contributed by atoms with van der Waals surface area (Å²) in [7, 11) is 1.59. The third-order valence-corrected chi connectivity index (χ3v) is 4.04. The fraction of sp³-hybridized carbons (Fsp3) is 0.368. The van der Waals surface area contributed by atoms with E-state index < -0.39 is 5.82 Å². The minimum absolute atomic E-state index is 0.00151. The largest absolute Gasteiger partial charge is 0.495 e. The SMILES string of the molecule is CCC.COc1cc2ncc(-c3nc(N)c(C#N)cc3F)n2nc1C1CC1. The summed E-state index contributed by atoms with van der Waals surface area (Å²) in [6.07, 6.45) is 4.83. The second kappa shape index (κ2) is 7.58. The van der Waals surface area contributed by atoms with E-state index in [9.17, 15) is 4.39 Å². The lowest BCUT2D eigenvalue weighted by Gasteiger charge is -2.09. The fourth-order valence-electron chi connectivity index (χ4n) is 2.65. The molecule has 1 saturated carbocycles. The molecule has 0 bridgehead atoms. The molecular weight excluding hydrogens is 347 g/mol. The molecule has 8 heteroatoms. The van der Waals surface area contributed by atoms with Crippen molar-refractivity contribution in [3.63, 3.8) is 0 Å². The molecule has 0 spiro atoms. The molecule has 2 N–H and O–H groups in total. The Morgan fingerprint density at radius 1 is 1.37 bits per heavy atom. The van der Waals surface area contributed by atoms with E-state index in [2.05, 4.69) is 28.9 Å². The number of hydrogen-bond acceptors (Lipinski definition) is 6. The van der Waals surface area contributed by atoms with Gasteiger partial charge in [-0.05, 0) is 18.9 Å². The number of ether oxygens (including phenoxy) is 1. The standard InChI is InChI=1S/C16H13FN6O.C3H8/c1-24-12-5-13-20-7-11(23(13)22-14(12)8-2-3-8)15-10(17)4-9(6-18)16(19)21-15;1-3-2/h4-5,7-8H,2-3H2,1H3,(H2,19,21);3H2,1-2H3. The predicted octanol–water partition coefficient (Wildman–Crippen LogP) is 3.69. The predicted molar refractivity (Wildman–Crippen MR) is 99.8 cm³/mol. The molecule has 7 nitrogen and oxygen atoms in total. The van der Waals surface area contributed by atoms with Gasteiger partial charge in [0.05, 0.1) is 18.9 Å². The third-order valence-electron chi connectivity index (χ3n) is 4.04. The molecule has 0 aromatic carbocycles. The van der Waals surface area contributed by atoms with Crippen molar-refractivity contribution in [1.82, 2.24) is 19.6 Å². The van der Waals surface area contributed by atoms with Crippen LogP contribution in [0.3, 0.4) is 0 Å². The van der Waals surface area contributed by atoms with Crippen LogP contribution in [-0.2, 0) is 0 Å². The molecular formula is C19H21FN6O. The Morgan fingerprint density at radius 2 is 2.07 bits per heavy atom. The highest BCUT2D eigenvalue weighted by molar-refractivity contribution is 5.65. The quantitative estimate of drug-likeness (QED) is 0.756. The molecule has 0 radical (unpaired) electrons. The van der Waals surface area contributed by atoms with Crippen molar-refractivity contribution in [2.75, 3.05) is 12.8 Å². The number of nitriles is 1. The summed E-state index contributed by atoms with van der Waals surface area (Å²) < 4.78 is 21.3. The van der Waals surface area contributed by atoms with Gasteiger partial charge < -0.3 is 10.5 Å². The van der Waals surface area contributed by atoms with E-state index in [4.69, 9.17) is 15.7 Å². The summed E-state index contributed by atoms with van der Waals surface area (Å²) >= 11 is 0. The van der Waals surface area contributed by atoms with Crippen molar-refractivity contribution >= 4 is 11.5 Å². The van der Waals surface area contributed by atoms with Gasteiger partial charge in [-0.15, -0.1) is 0 Å². The maximum Gasteiger partial charge on any atom is 0.157 e. The van der Waals surface area contributed by atoms with E-state index in [0.29, 0.717) is 23.0 Å². The molecule has 0 unspecified atom stereocenters. The van der Waals surface area contributed by atoms with Crippen LogP contribution in [0.5, 0.6) is 5.75 Å². The van der Waals surface area contributed by atoms with Crippen LogP contribution in [0.25, 0.3) is 17.0 Å². The van der Waals surface area contributed by atoms with Gasteiger partial charge in [-0.3, -0.25) is 0 Å². The molecule has 1 aliphatic carbocycles. The van der Waals surface area contributed by atoms with E-state index in [1.807, 2.05) is 6.07 Å². The Labute approximate surface area is 156 Å². The van der Waals surface area contributed by atoms with Crippen LogP contribution in [0.1, 0.15) is 50.3 Å². The second-order valence-corrected chi connectivity index (χ2v) is 6.36. The van der Waals surface area contributed by atoms with Crippen LogP contribution in [0.4, 0.5) is 10.2 Å². The summed E-state index contributed by atoms with van der Waals surface area (Å²) in [4.78, 5) is 8.26. The van der Waals surface area contributed by atoms with Crippen molar-refractivity contribution < 1.29 is 9.13 Å². The molecule has 3 heterocycles. The average molecular weight is 368 g/mol.